The Labute approximate surface area is 68.8 Å². The van der Waals surface area contributed by atoms with Crippen molar-refractivity contribution in [1.29, 1.82) is 0 Å². The molecule has 2 aliphatic rings. The number of carbonyl (C=O) groups is 1. The summed E-state index contributed by atoms with van der Waals surface area (Å²) in [7, 11) is 0. The van der Waals surface area contributed by atoms with Crippen LogP contribution in [-0.4, -0.2) is 35.3 Å². The highest BCUT2D eigenvalue weighted by atomic mass is 16.4. The maximum absolute atomic E-state index is 10.7. The van der Waals surface area contributed by atoms with E-state index in [1.807, 2.05) is 0 Å². The number of fused-ring (bicyclic) bond motifs is 2. The predicted molar refractivity (Wildman–Crippen MR) is 41.5 cm³/mol. The lowest BCUT2D eigenvalue weighted by molar-refractivity contribution is -0.139. The number of hydrogen-bond donors (Lipinski definition) is 4. The van der Waals surface area contributed by atoms with Gasteiger partial charge in [0.05, 0.1) is 6.04 Å². The van der Waals surface area contributed by atoms with Gasteiger partial charge in [-0.3, -0.25) is 10.1 Å². The molecule has 0 unspecified atom stereocenters. The van der Waals surface area contributed by atoms with E-state index in [0.717, 1.165) is 0 Å². The van der Waals surface area contributed by atoms with Crippen LogP contribution < -0.4 is 16.4 Å². The van der Waals surface area contributed by atoms with E-state index in [2.05, 4.69) is 15.6 Å². The molecule has 2 rings (SSSR count). The second-order valence-electron chi connectivity index (χ2n) is 3.00. The van der Waals surface area contributed by atoms with E-state index < -0.39 is 12.0 Å². The Morgan fingerprint density at radius 3 is 3.17 bits per heavy atom. The monoisotopic (exact) mass is 170 g/mol. The highest BCUT2D eigenvalue weighted by Crippen LogP contribution is 2.17. The lowest BCUT2D eigenvalue weighted by atomic mass is 10.1. The molecule has 1 saturated heterocycles. The first-order valence-corrected chi connectivity index (χ1v) is 3.75. The van der Waals surface area contributed by atoms with E-state index in [0.29, 0.717) is 12.4 Å². The number of hydrogen-bond acceptors (Lipinski definition) is 5. The number of aliphatic imine (C=N–C) groups is 1. The minimum Gasteiger partial charge on any atom is -0.480 e. The fourth-order valence-corrected chi connectivity index (χ4v) is 1.64. The van der Waals surface area contributed by atoms with Crippen molar-refractivity contribution in [3.05, 3.63) is 0 Å². The van der Waals surface area contributed by atoms with Gasteiger partial charge in [0, 0.05) is 6.42 Å². The molecule has 0 amide bonds. The van der Waals surface area contributed by atoms with E-state index in [4.69, 9.17) is 10.8 Å². The van der Waals surface area contributed by atoms with Crippen molar-refractivity contribution in [2.24, 2.45) is 10.7 Å². The number of carboxylic acid groups (broad SMARTS) is 1. The summed E-state index contributed by atoms with van der Waals surface area (Å²) in [5, 5.41) is 14.4. The summed E-state index contributed by atoms with van der Waals surface area (Å²) < 4.78 is 0. The molecule has 6 nitrogen and oxygen atoms in total. The van der Waals surface area contributed by atoms with Crippen molar-refractivity contribution in [3.8, 4) is 0 Å². The van der Waals surface area contributed by atoms with Crippen molar-refractivity contribution in [1.82, 2.24) is 10.6 Å². The van der Waals surface area contributed by atoms with Crippen LogP contribution >= 0.6 is 0 Å². The van der Waals surface area contributed by atoms with Gasteiger partial charge in [-0.05, 0) is 0 Å². The quantitative estimate of drug-likeness (QED) is 0.366. The van der Waals surface area contributed by atoms with E-state index in [1.165, 1.54) is 0 Å². The average Bonchev–Trinajstić information content (AvgIpc) is 2.26. The van der Waals surface area contributed by atoms with Crippen LogP contribution in [0.2, 0.25) is 0 Å². The minimum atomic E-state index is -0.861. The zero-order valence-corrected chi connectivity index (χ0v) is 6.32. The molecular weight excluding hydrogens is 160 g/mol. The molecule has 0 radical (unpaired) electrons. The van der Waals surface area contributed by atoms with Gasteiger partial charge in [0.2, 0.25) is 0 Å². The number of nitrogens with zero attached hydrogens (tertiary/aromatic N) is 1. The Morgan fingerprint density at radius 2 is 2.50 bits per heavy atom. The molecule has 2 aliphatic heterocycles. The first-order valence-electron chi connectivity index (χ1n) is 3.75. The second-order valence-corrected chi connectivity index (χ2v) is 3.00. The largest absolute Gasteiger partial charge is 0.480 e. The molecule has 5 N–H and O–H groups in total. The molecule has 0 aromatic heterocycles. The third kappa shape index (κ3) is 1.00. The van der Waals surface area contributed by atoms with E-state index in [1.54, 1.807) is 0 Å². The average molecular weight is 170 g/mol. The fourth-order valence-electron chi connectivity index (χ4n) is 1.64. The van der Waals surface area contributed by atoms with Gasteiger partial charge in [-0.15, -0.1) is 0 Å². The van der Waals surface area contributed by atoms with Crippen LogP contribution in [0.3, 0.4) is 0 Å². The van der Waals surface area contributed by atoms with Crippen molar-refractivity contribution in [2.45, 2.75) is 24.7 Å². The third-order valence-electron chi connectivity index (χ3n) is 2.15. The Kier molecular flexibility index (Phi) is 1.44. The zero-order valence-electron chi connectivity index (χ0n) is 6.32. The van der Waals surface area contributed by atoms with Gasteiger partial charge in [-0.1, -0.05) is 0 Å². The number of nitrogens with one attached hydrogen (secondary N) is 2. The normalized spacial score (nSPS) is 38.7. The zero-order chi connectivity index (χ0) is 8.72. The summed E-state index contributed by atoms with van der Waals surface area (Å²) in [5.41, 5.74) is 5.42. The maximum Gasteiger partial charge on any atom is 0.322 e. The summed E-state index contributed by atoms with van der Waals surface area (Å²) in [6, 6.07) is -0.690. The number of aliphatic carboxylic acids is 1. The molecule has 0 aromatic carbocycles. The smallest absolute Gasteiger partial charge is 0.322 e. The molecule has 1 fully saturated rings. The minimum absolute atomic E-state index is 0.120. The molecule has 0 spiro atoms. The molecule has 12 heavy (non-hydrogen) atoms. The van der Waals surface area contributed by atoms with Gasteiger partial charge < -0.3 is 16.2 Å². The molecule has 6 heteroatoms. The molecule has 2 bridgehead atoms. The third-order valence-corrected chi connectivity index (χ3v) is 2.15. The van der Waals surface area contributed by atoms with Crippen LogP contribution in [0.1, 0.15) is 6.42 Å². The van der Waals surface area contributed by atoms with Gasteiger partial charge in [-0.2, -0.15) is 0 Å². The first-order chi connectivity index (χ1) is 5.66. The SMILES string of the molecule is NC1=N[C@H]2C[C@@H](N1)[C@H](C(=O)O)N2. The summed E-state index contributed by atoms with van der Waals surface area (Å²) in [6.07, 6.45) is 0.565. The number of carboxylic acids is 1. The number of rotatable bonds is 1. The van der Waals surface area contributed by atoms with Crippen LogP contribution in [-0.2, 0) is 4.79 Å². The summed E-state index contributed by atoms with van der Waals surface area (Å²) in [5.74, 6) is -0.535. The summed E-state index contributed by atoms with van der Waals surface area (Å²) in [4.78, 5) is 14.6. The van der Waals surface area contributed by atoms with Gasteiger partial charge in [-0.25, -0.2) is 4.99 Å². The maximum atomic E-state index is 10.7. The molecule has 2 heterocycles. The van der Waals surface area contributed by atoms with Gasteiger partial charge >= 0.3 is 5.97 Å². The molecular formula is C6H10N4O2. The van der Waals surface area contributed by atoms with Crippen molar-refractivity contribution < 1.29 is 9.90 Å². The van der Waals surface area contributed by atoms with Crippen molar-refractivity contribution in [2.75, 3.05) is 0 Å². The Hall–Kier alpha value is -1.30. The number of nitrogens with two attached hydrogens (primary N) is 1. The lowest BCUT2D eigenvalue weighted by Gasteiger charge is -2.18. The number of guanidine groups is 1. The Bertz CT molecular complexity index is 252. The lowest BCUT2D eigenvalue weighted by Crippen LogP contribution is -2.49. The van der Waals surface area contributed by atoms with E-state index in [9.17, 15) is 4.79 Å². The molecule has 0 aliphatic carbocycles. The fraction of sp³-hybridized carbons (Fsp3) is 0.667. The van der Waals surface area contributed by atoms with Crippen LogP contribution in [0, 0.1) is 0 Å². The highest BCUT2D eigenvalue weighted by Gasteiger charge is 2.41. The summed E-state index contributed by atoms with van der Waals surface area (Å²) in [6.45, 7) is 0. The van der Waals surface area contributed by atoms with Crippen molar-refractivity contribution >= 4 is 11.9 Å². The first kappa shape index (κ1) is 7.35. The van der Waals surface area contributed by atoms with Crippen LogP contribution in [0.5, 0.6) is 0 Å². The van der Waals surface area contributed by atoms with Gasteiger partial charge in [0.1, 0.15) is 12.2 Å². The molecule has 0 saturated carbocycles. The highest BCUT2D eigenvalue weighted by molar-refractivity contribution is 5.82. The predicted octanol–water partition coefficient (Wildman–Crippen LogP) is -1.95. The van der Waals surface area contributed by atoms with Crippen molar-refractivity contribution in [3.63, 3.8) is 0 Å². The van der Waals surface area contributed by atoms with E-state index in [-0.39, 0.29) is 12.2 Å². The molecule has 3 atom stereocenters. The standard InChI is InChI=1S/C6H10N4O2/c7-6-8-2-1-3(10-6)9-4(2)5(11)12/h2-4,9H,1H2,(H,11,12)(H3,7,8,10)/t2-,3+,4-/m1/s1. The van der Waals surface area contributed by atoms with Crippen LogP contribution in [0.15, 0.2) is 4.99 Å². The molecule has 66 valence electrons. The van der Waals surface area contributed by atoms with Gasteiger partial charge in [0.15, 0.2) is 5.96 Å². The molecule has 0 aromatic rings. The topological polar surface area (TPSA) is 99.7 Å². The Balaban J connectivity index is 2.16. The van der Waals surface area contributed by atoms with E-state index >= 15 is 0 Å². The van der Waals surface area contributed by atoms with Gasteiger partial charge in [0.25, 0.3) is 0 Å². The Morgan fingerprint density at radius 1 is 1.75 bits per heavy atom. The summed E-state index contributed by atoms with van der Waals surface area (Å²) >= 11 is 0. The van der Waals surface area contributed by atoms with Crippen LogP contribution in [0.25, 0.3) is 0 Å². The van der Waals surface area contributed by atoms with Crippen LogP contribution in [0.4, 0.5) is 0 Å². The second kappa shape index (κ2) is 2.34.